The van der Waals surface area contributed by atoms with Gasteiger partial charge in [0.15, 0.2) is 0 Å². The first-order valence-corrected chi connectivity index (χ1v) is 8.70. The Kier molecular flexibility index (Phi) is 4.20. The quantitative estimate of drug-likeness (QED) is 0.866. The summed E-state index contributed by atoms with van der Waals surface area (Å²) < 4.78 is 7.18. The zero-order chi connectivity index (χ0) is 18.1. The molecule has 1 aromatic heterocycles. The summed E-state index contributed by atoms with van der Waals surface area (Å²) in [7, 11) is 1.65. The van der Waals surface area contributed by atoms with E-state index in [2.05, 4.69) is 15.6 Å². The highest BCUT2D eigenvalue weighted by Crippen LogP contribution is 2.42. The Morgan fingerprint density at radius 2 is 2.27 bits per heavy atom. The smallest absolute Gasteiger partial charge is 0.253 e. The molecule has 2 aromatic rings. The SMILES string of the molecule is CNC(=O)[C@]12CCOC[C@H]1CN(C(=O)c1cccc(-n3ccnn3)c1)C2. The number of hydrogen-bond donors (Lipinski definition) is 1. The summed E-state index contributed by atoms with van der Waals surface area (Å²) in [4.78, 5) is 27.4. The summed E-state index contributed by atoms with van der Waals surface area (Å²) in [6.45, 7) is 2.01. The first-order valence-electron chi connectivity index (χ1n) is 8.70. The van der Waals surface area contributed by atoms with Crippen LogP contribution in [-0.2, 0) is 9.53 Å². The lowest BCUT2D eigenvalue weighted by molar-refractivity contribution is -0.138. The number of amides is 2. The molecule has 0 aliphatic carbocycles. The van der Waals surface area contributed by atoms with E-state index in [0.29, 0.717) is 38.3 Å². The van der Waals surface area contributed by atoms with Crippen LogP contribution in [-0.4, -0.2) is 65.1 Å². The summed E-state index contributed by atoms with van der Waals surface area (Å²) in [5.74, 6) is -0.0549. The number of ether oxygens (including phenoxy) is 1. The van der Waals surface area contributed by atoms with Crippen molar-refractivity contribution in [1.29, 1.82) is 0 Å². The molecule has 0 spiro atoms. The van der Waals surface area contributed by atoms with Gasteiger partial charge in [0.2, 0.25) is 5.91 Å². The molecule has 3 heterocycles. The van der Waals surface area contributed by atoms with Crippen molar-refractivity contribution in [3.8, 4) is 5.69 Å². The van der Waals surface area contributed by atoms with E-state index in [9.17, 15) is 9.59 Å². The third kappa shape index (κ3) is 2.66. The summed E-state index contributed by atoms with van der Waals surface area (Å²) in [6.07, 6.45) is 3.96. The number of benzene rings is 1. The number of hydrogen-bond acceptors (Lipinski definition) is 5. The van der Waals surface area contributed by atoms with Gasteiger partial charge in [-0.3, -0.25) is 9.59 Å². The van der Waals surface area contributed by atoms with Gasteiger partial charge < -0.3 is 15.0 Å². The molecule has 2 amide bonds. The summed E-state index contributed by atoms with van der Waals surface area (Å²) >= 11 is 0. The Balaban J connectivity index is 1.60. The second-order valence-corrected chi connectivity index (χ2v) is 6.84. The van der Waals surface area contributed by atoms with Crippen LogP contribution >= 0.6 is 0 Å². The van der Waals surface area contributed by atoms with Crippen LogP contribution in [0.15, 0.2) is 36.7 Å². The Morgan fingerprint density at radius 1 is 1.38 bits per heavy atom. The van der Waals surface area contributed by atoms with Crippen LogP contribution in [0.25, 0.3) is 5.69 Å². The van der Waals surface area contributed by atoms with Crippen LogP contribution in [0, 0.1) is 11.3 Å². The van der Waals surface area contributed by atoms with E-state index in [1.807, 2.05) is 12.1 Å². The number of aromatic nitrogens is 3. The minimum atomic E-state index is -0.549. The van der Waals surface area contributed by atoms with Crippen molar-refractivity contribution in [3.05, 3.63) is 42.2 Å². The second-order valence-electron chi connectivity index (χ2n) is 6.84. The van der Waals surface area contributed by atoms with Gasteiger partial charge >= 0.3 is 0 Å². The van der Waals surface area contributed by atoms with Crippen molar-refractivity contribution < 1.29 is 14.3 Å². The number of rotatable bonds is 3. The Bertz CT molecular complexity index is 822. The normalized spacial score (nSPS) is 25.0. The van der Waals surface area contributed by atoms with Gasteiger partial charge in [-0.1, -0.05) is 11.3 Å². The number of nitrogens with one attached hydrogen (secondary N) is 1. The monoisotopic (exact) mass is 355 g/mol. The lowest BCUT2D eigenvalue weighted by Gasteiger charge is -2.36. The van der Waals surface area contributed by atoms with E-state index in [1.54, 1.807) is 41.2 Å². The predicted octanol–water partition coefficient (Wildman–Crippen LogP) is 0.492. The molecule has 2 atom stereocenters. The van der Waals surface area contributed by atoms with Gasteiger partial charge in [0.05, 0.1) is 30.1 Å². The topological polar surface area (TPSA) is 89.4 Å². The fourth-order valence-electron chi connectivity index (χ4n) is 4.03. The number of nitrogens with zero attached hydrogens (tertiary/aromatic N) is 4. The average molecular weight is 355 g/mol. The molecule has 2 aliphatic heterocycles. The number of fused-ring (bicyclic) bond motifs is 1. The van der Waals surface area contributed by atoms with Gasteiger partial charge in [-0.05, 0) is 24.6 Å². The molecule has 0 saturated carbocycles. The molecular formula is C18H21N5O3. The van der Waals surface area contributed by atoms with Crippen molar-refractivity contribution in [2.75, 3.05) is 33.4 Å². The summed E-state index contributed by atoms with van der Waals surface area (Å²) in [5.41, 5.74) is 0.797. The van der Waals surface area contributed by atoms with Crippen LogP contribution in [0.3, 0.4) is 0 Å². The van der Waals surface area contributed by atoms with Crippen molar-refractivity contribution in [2.24, 2.45) is 11.3 Å². The lowest BCUT2D eigenvalue weighted by atomic mass is 9.73. The third-order valence-corrected chi connectivity index (χ3v) is 5.45. The molecule has 0 unspecified atom stereocenters. The minimum absolute atomic E-state index is 0.00235. The van der Waals surface area contributed by atoms with Crippen LogP contribution < -0.4 is 5.32 Å². The highest BCUT2D eigenvalue weighted by Gasteiger charge is 2.54. The lowest BCUT2D eigenvalue weighted by Crippen LogP contribution is -2.49. The van der Waals surface area contributed by atoms with E-state index in [0.717, 1.165) is 5.69 Å². The van der Waals surface area contributed by atoms with Gasteiger partial charge in [-0.2, -0.15) is 0 Å². The molecule has 1 aromatic carbocycles. The van der Waals surface area contributed by atoms with Crippen molar-refractivity contribution in [1.82, 2.24) is 25.2 Å². The third-order valence-electron chi connectivity index (χ3n) is 5.45. The molecular weight excluding hydrogens is 334 g/mol. The van der Waals surface area contributed by atoms with Crippen LogP contribution in [0.2, 0.25) is 0 Å². The molecule has 4 rings (SSSR count). The first-order chi connectivity index (χ1) is 12.6. The van der Waals surface area contributed by atoms with E-state index >= 15 is 0 Å². The molecule has 26 heavy (non-hydrogen) atoms. The maximum absolute atomic E-state index is 13.1. The first kappa shape index (κ1) is 16.7. The van der Waals surface area contributed by atoms with Crippen LogP contribution in [0.4, 0.5) is 0 Å². The summed E-state index contributed by atoms with van der Waals surface area (Å²) in [5, 5.41) is 10.5. The van der Waals surface area contributed by atoms with Gasteiger partial charge in [0, 0.05) is 38.2 Å². The predicted molar refractivity (Wildman–Crippen MR) is 92.7 cm³/mol. The fraction of sp³-hybridized carbons (Fsp3) is 0.444. The zero-order valence-electron chi connectivity index (χ0n) is 14.6. The fourth-order valence-corrected chi connectivity index (χ4v) is 4.03. The Hall–Kier alpha value is -2.74. The molecule has 2 aliphatic rings. The Morgan fingerprint density at radius 3 is 3.04 bits per heavy atom. The minimum Gasteiger partial charge on any atom is -0.381 e. The highest BCUT2D eigenvalue weighted by molar-refractivity contribution is 5.96. The van der Waals surface area contributed by atoms with Gasteiger partial charge in [0.25, 0.3) is 5.91 Å². The number of carbonyl (C=O) groups excluding carboxylic acids is 2. The van der Waals surface area contributed by atoms with E-state index in [-0.39, 0.29) is 17.7 Å². The highest BCUT2D eigenvalue weighted by atomic mass is 16.5. The van der Waals surface area contributed by atoms with Gasteiger partial charge in [-0.25, -0.2) is 4.68 Å². The largest absolute Gasteiger partial charge is 0.381 e. The van der Waals surface area contributed by atoms with Crippen LogP contribution in [0.1, 0.15) is 16.8 Å². The Labute approximate surface area is 151 Å². The number of carbonyl (C=O) groups is 2. The molecule has 2 fully saturated rings. The molecule has 2 saturated heterocycles. The molecule has 1 N–H and O–H groups in total. The molecule has 8 heteroatoms. The van der Waals surface area contributed by atoms with Crippen molar-refractivity contribution in [3.63, 3.8) is 0 Å². The van der Waals surface area contributed by atoms with E-state index < -0.39 is 5.41 Å². The summed E-state index contributed by atoms with van der Waals surface area (Å²) in [6, 6.07) is 7.27. The van der Waals surface area contributed by atoms with E-state index in [4.69, 9.17) is 4.74 Å². The van der Waals surface area contributed by atoms with Crippen molar-refractivity contribution in [2.45, 2.75) is 6.42 Å². The average Bonchev–Trinajstić information content (AvgIpc) is 3.35. The maximum Gasteiger partial charge on any atom is 0.253 e. The zero-order valence-corrected chi connectivity index (χ0v) is 14.6. The van der Waals surface area contributed by atoms with Gasteiger partial charge in [0.1, 0.15) is 0 Å². The molecule has 136 valence electrons. The standard InChI is InChI=1S/C18H21N5O3/c1-19-17(25)18-5-8-26-11-14(18)10-22(12-18)16(24)13-3-2-4-15(9-13)23-7-6-20-21-23/h2-4,6-7,9,14H,5,8,10-12H2,1H3,(H,19,25)/t14-,18+/m1/s1. The van der Waals surface area contributed by atoms with Gasteiger partial charge in [-0.15, -0.1) is 5.10 Å². The van der Waals surface area contributed by atoms with Crippen molar-refractivity contribution >= 4 is 11.8 Å². The van der Waals surface area contributed by atoms with E-state index in [1.165, 1.54) is 0 Å². The number of likely N-dealkylation sites (tertiary alicyclic amines) is 1. The molecule has 8 nitrogen and oxygen atoms in total. The molecule has 0 radical (unpaired) electrons. The maximum atomic E-state index is 13.1. The van der Waals surface area contributed by atoms with Crippen LogP contribution in [0.5, 0.6) is 0 Å². The molecule has 0 bridgehead atoms. The second kappa shape index (κ2) is 6.53.